The lowest BCUT2D eigenvalue weighted by atomic mass is 9.97. The summed E-state index contributed by atoms with van der Waals surface area (Å²) in [5.74, 6) is 2.42. The second-order valence-electron chi connectivity index (χ2n) is 6.04. The van der Waals surface area contributed by atoms with Crippen molar-refractivity contribution in [3.05, 3.63) is 28.3 Å². The van der Waals surface area contributed by atoms with Crippen molar-refractivity contribution in [3.63, 3.8) is 0 Å². The summed E-state index contributed by atoms with van der Waals surface area (Å²) in [4.78, 5) is 0. The van der Waals surface area contributed by atoms with Gasteiger partial charge in [0.2, 0.25) is 0 Å². The molecule has 1 heterocycles. The molecule has 19 heavy (non-hydrogen) atoms. The van der Waals surface area contributed by atoms with Gasteiger partial charge in [0.05, 0.1) is 0 Å². The van der Waals surface area contributed by atoms with E-state index in [4.69, 9.17) is 16.3 Å². The molecule has 0 amide bonds. The average Bonchev–Trinajstić information content (AvgIpc) is 3.07. The van der Waals surface area contributed by atoms with E-state index in [-0.39, 0.29) is 0 Å². The standard InChI is InChI=1S/C16H22ClNO/c1-10-7-14(8-11(2)15(10)17)19-16(12-3-4-12)13-5-6-18-9-13/h7-8,12-13,16,18H,3-6,9H2,1-2H3/t13-,16?/m0/s1. The molecule has 0 spiro atoms. The van der Waals surface area contributed by atoms with Gasteiger partial charge in [-0.15, -0.1) is 0 Å². The number of benzene rings is 1. The number of halogens is 1. The van der Waals surface area contributed by atoms with Crippen LogP contribution in [0.15, 0.2) is 12.1 Å². The maximum atomic E-state index is 6.34. The highest BCUT2D eigenvalue weighted by Crippen LogP contribution is 2.40. The van der Waals surface area contributed by atoms with Crippen LogP contribution in [-0.4, -0.2) is 19.2 Å². The fraction of sp³-hybridized carbons (Fsp3) is 0.625. The molecule has 2 fully saturated rings. The summed E-state index contributed by atoms with van der Waals surface area (Å²) in [6.45, 7) is 6.33. The summed E-state index contributed by atoms with van der Waals surface area (Å²) in [5.41, 5.74) is 2.21. The summed E-state index contributed by atoms with van der Waals surface area (Å²) in [7, 11) is 0. The Morgan fingerprint density at radius 1 is 1.16 bits per heavy atom. The highest BCUT2D eigenvalue weighted by Gasteiger charge is 2.39. The van der Waals surface area contributed by atoms with E-state index in [0.29, 0.717) is 12.0 Å². The molecule has 0 bridgehead atoms. The summed E-state index contributed by atoms with van der Waals surface area (Å²) < 4.78 is 6.34. The average molecular weight is 280 g/mol. The van der Waals surface area contributed by atoms with Crippen LogP contribution in [0.1, 0.15) is 30.4 Å². The lowest BCUT2D eigenvalue weighted by Crippen LogP contribution is -2.30. The van der Waals surface area contributed by atoms with Crippen molar-refractivity contribution in [1.29, 1.82) is 0 Å². The third-order valence-corrected chi connectivity index (χ3v) is 4.93. The van der Waals surface area contributed by atoms with Crippen LogP contribution in [-0.2, 0) is 0 Å². The van der Waals surface area contributed by atoms with Crippen LogP contribution in [0.3, 0.4) is 0 Å². The van der Waals surface area contributed by atoms with Gasteiger partial charge in [0, 0.05) is 17.5 Å². The zero-order valence-electron chi connectivity index (χ0n) is 11.7. The molecular formula is C16H22ClNO. The third-order valence-electron chi connectivity index (χ3n) is 4.33. The van der Waals surface area contributed by atoms with Crippen molar-refractivity contribution >= 4 is 11.6 Å². The van der Waals surface area contributed by atoms with Gasteiger partial charge in [-0.2, -0.15) is 0 Å². The molecule has 1 aliphatic carbocycles. The zero-order valence-corrected chi connectivity index (χ0v) is 12.5. The van der Waals surface area contributed by atoms with Gasteiger partial charge < -0.3 is 10.1 Å². The van der Waals surface area contributed by atoms with E-state index in [1.807, 2.05) is 13.8 Å². The Labute approximate surface area is 120 Å². The van der Waals surface area contributed by atoms with Crippen molar-refractivity contribution < 1.29 is 4.74 Å². The summed E-state index contributed by atoms with van der Waals surface area (Å²) in [5, 5.41) is 4.31. The molecule has 1 aromatic rings. The van der Waals surface area contributed by atoms with E-state index in [1.165, 1.54) is 19.3 Å². The van der Waals surface area contributed by atoms with Gasteiger partial charge in [0.15, 0.2) is 0 Å². The first-order chi connectivity index (χ1) is 9.15. The van der Waals surface area contributed by atoms with Crippen LogP contribution >= 0.6 is 11.6 Å². The fourth-order valence-electron chi connectivity index (χ4n) is 3.09. The molecule has 1 aromatic carbocycles. The Bertz CT molecular complexity index is 441. The number of nitrogens with one attached hydrogen (secondary N) is 1. The van der Waals surface area contributed by atoms with Crippen molar-refractivity contribution in [1.82, 2.24) is 5.32 Å². The SMILES string of the molecule is Cc1cc(OC(C2CC2)[C@H]2CCNC2)cc(C)c1Cl. The van der Waals surface area contributed by atoms with Crippen molar-refractivity contribution in [2.75, 3.05) is 13.1 Å². The first-order valence-corrected chi connectivity index (χ1v) is 7.67. The molecule has 1 saturated heterocycles. The van der Waals surface area contributed by atoms with E-state index >= 15 is 0 Å². The van der Waals surface area contributed by atoms with Crippen LogP contribution in [0.4, 0.5) is 0 Å². The number of hydrogen-bond donors (Lipinski definition) is 1. The summed E-state index contributed by atoms with van der Waals surface area (Å²) >= 11 is 6.22. The number of aryl methyl sites for hydroxylation is 2. The van der Waals surface area contributed by atoms with Crippen molar-refractivity contribution in [2.45, 2.75) is 39.2 Å². The van der Waals surface area contributed by atoms with Crippen LogP contribution in [0, 0.1) is 25.7 Å². The lowest BCUT2D eigenvalue weighted by molar-refractivity contribution is 0.121. The minimum absolute atomic E-state index is 0.384. The molecule has 1 saturated carbocycles. The zero-order chi connectivity index (χ0) is 13.4. The quantitative estimate of drug-likeness (QED) is 0.907. The summed E-state index contributed by atoms with van der Waals surface area (Å²) in [6, 6.07) is 4.15. The van der Waals surface area contributed by atoms with E-state index in [9.17, 15) is 0 Å². The van der Waals surface area contributed by atoms with Crippen LogP contribution in [0.5, 0.6) is 5.75 Å². The largest absolute Gasteiger partial charge is 0.490 e. The minimum Gasteiger partial charge on any atom is -0.490 e. The molecule has 3 rings (SSSR count). The molecule has 2 nitrogen and oxygen atoms in total. The smallest absolute Gasteiger partial charge is 0.120 e. The lowest BCUT2D eigenvalue weighted by Gasteiger charge is -2.25. The second-order valence-corrected chi connectivity index (χ2v) is 6.42. The number of rotatable bonds is 4. The Hall–Kier alpha value is -0.730. The molecule has 2 aliphatic rings. The van der Waals surface area contributed by atoms with Gasteiger partial charge in [-0.05, 0) is 68.8 Å². The Balaban J connectivity index is 1.78. The maximum Gasteiger partial charge on any atom is 0.120 e. The van der Waals surface area contributed by atoms with Gasteiger partial charge >= 0.3 is 0 Å². The molecule has 0 aromatic heterocycles. The van der Waals surface area contributed by atoms with Crippen molar-refractivity contribution in [3.8, 4) is 5.75 Å². The molecule has 2 atom stereocenters. The minimum atomic E-state index is 0.384. The van der Waals surface area contributed by atoms with E-state index in [0.717, 1.165) is 40.9 Å². The van der Waals surface area contributed by atoms with Crippen LogP contribution in [0.25, 0.3) is 0 Å². The van der Waals surface area contributed by atoms with Gasteiger partial charge in [-0.25, -0.2) is 0 Å². The van der Waals surface area contributed by atoms with Crippen molar-refractivity contribution in [2.24, 2.45) is 11.8 Å². The first kappa shape index (κ1) is 13.3. The summed E-state index contributed by atoms with van der Waals surface area (Å²) in [6.07, 6.45) is 4.28. The molecule has 3 heteroatoms. The van der Waals surface area contributed by atoms with Gasteiger partial charge in [-0.3, -0.25) is 0 Å². The van der Waals surface area contributed by atoms with E-state index in [1.54, 1.807) is 0 Å². The predicted octanol–water partition coefficient (Wildman–Crippen LogP) is 3.72. The highest BCUT2D eigenvalue weighted by atomic mass is 35.5. The predicted molar refractivity (Wildman–Crippen MR) is 79.0 cm³/mol. The maximum absolute atomic E-state index is 6.34. The number of hydrogen-bond acceptors (Lipinski definition) is 2. The molecular weight excluding hydrogens is 258 g/mol. The Kier molecular flexibility index (Phi) is 3.72. The molecule has 0 radical (unpaired) electrons. The van der Waals surface area contributed by atoms with Crippen LogP contribution < -0.4 is 10.1 Å². The van der Waals surface area contributed by atoms with Gasteiger partial charge in [0.1, 0.15) is 11.9 Å². The highest BCUT2D eigenvalue weighted by molar-refractivity contribution is 6.32. The third kappa shape index (κ3) is 2.90. The van der Waals surface area contributed by atoms with Gasteiger partial charge in [0.25, 0.3) is 0 Å². The fourth-order valence-corrected chi connectivity index (χ4v) is 3.20. The van der Waals surface area contributed by atoms with E-state index in [2.05, 4.69) is 17.4 Å². The van der Waals surface area contributed by atoms with E-state index < -0.39 is 0 Å². The Morgan fingerprint density at radius 2 is 1.84 bits per heavy atom. The van der Waals surface area contributed by atoms with Gasteiger partial charge in [-0.1, -0.05) is 11.6 Å². The first-order valence-electron chi connectivity index (χ1n) is 7.29. The molecule has 1 N–H and O–H groups in total. The molecule has 1 unspecified atom stereocenters. The molecule has 1 aliphatic heterocycles. The normalized spacial score (nSPS) is 24.5. The topological polar surface area (TPSA) is 21.3 Å². The second kappa shape index (κ2) is 5.34. The Morgan fingerprint density at radius 3 is 2.37 bits per heavy atom. The monoisotopic (exact) mass is 279 g/mol. The number of ether oxygens (including phenoxy) is 1. The molecule has 104 valence electrons. The van der Waals surface area contributed by atoms with Crippen LogP contribution in [0.2, 0.25) is 5.02 Å².